The van der Waals surface area contributed by atoms with Crippen LogP contribution in [0.15, 0.2) is 0 Å². The summed E-state index contributed by atoms with van der Waals surface area (Å²) in [5.41, 5.74) is -1.05. The third-order valence-corrected chi connectivity index (χ3v) is 1.82. The molecule has 0 aliphatic heterocycles. The molecule has 142 valence electrons. The van der Waals surface area contributed by atoms with Crippen LogP contribution in [0.4, 0.5) is 9.59 Å². The van der Waals surface area contributed by atoms with Crippen LogP contribution in [-0.2, 0) is 14.3 Å². The van der Waals surface area contributed by atoms with Gasteiger partial charge in [0.15, 0.2) is 0 Å². The van der Waals surface area contributed by atoms with Gasteiger partial charge in [-0.2, -0.15) is 0 Å². The summed E-state index contributed by atoms with van der Waals surface area (Å²) in [7, 11) is 0. The van der Waals surface area contributed by atoms with Crippen molar-refractivity contribution in [3.05, 3.63) is 0 Å². The third-order valence-electron chi connectivity index (χ3n) is 1.82. The van der Waals surface area contributed by atoms with E-state index in [9.17, 15) is 14.4 Å². The van der Waals surface area contributed by atoms with Crippen molar-refractivity contribution in [1.29, 1.82) is 0 Å². The monoisotopic (exact) mass is 350 g/mol. The van der Waals surface area contributed by atoms with E-state index in [0.717, 1.165) is 0 Å². The van der Waals surface area contributed by atoms with Crippen LogP contribution in [0, 0.1) is 0 Å². The lowest BCUT2D eigenvalue weighted by atomic mass is 10.2. The Kier molecular flexibility index (Phi) is 11.8. The van der Waals surface area contributed by atoms with Crippen LogP contribution < -0.4 is 10.6 Å². The highest BCUT2D eigenvalue weighted by Crippen LogP contribution is 2.06. The number of ether oxygens (including phenoxy) is 2. The average molecular weight is 350 g/mol. The number of hydrogen-bond acceptors (Lipinski definition) is 7. The molecular formula is C15H30N2O7. The van der Waals surface area contributed by atoms with E-state index in [1.54, 1.807) is 41.5 Å². The molecule has 0 aliphatic rings. The SMILES string of the molecule is CC(C)(C)OC(=O)NCC(O)CO.CC(C)(C)OC(=O)NCC=O. The van der Waals surface area contributed by atoms with Crippen LogP contribution in [0.25, 0.3) is 0 Å². The first-order valence-corrected chi connectivity index (χ1v) is 7.47. The fourth-order valence-corrected chi connectivity index (χ4v) is 1.02. The van der Waals surface area contributed by atoms with Crippen molar-refractivity contribution in [3.8, 4) is 0 Å². The van der Waals surface area contributed by atoms with E-state index in [4.69, 9.17) is 19.7 Å². The minimum absolute atomic E-state index is 0.00505. The summed E-state index contributed by atoms with van der Waals surface area (Å²) >= 11 is 0. The van der Waals surface area contributed by atoms with E-state index < -0.39 is 29.5 Å². The summed E-state index contributed by atoms with van der Waals surface area (Å²) in [4.78, 5) is 31.5. The van der Waals surface area contributed by atoms with Gasteiger partial charge in [0.2, 0.25) is 0 Å². The predicted octanol–water partition coefficient (Wildman–Crippen LogP) is 0.574. The Balaban J connectivity index is 0. The van der Waals surface area contributed by atoms with E-state index >= 15 is 0 Å². The topological polar surface area (TPSA) is 134 Å². The summed E-state index contributed by atoms with van der Waals surface area (Å²) in [5.74, 6) is 0. The first kappa shape index (κ1) is 24.4. The Bertz CT molecular complexity index is 386. The number of hydrogen-bond donors (Lipinski definition) is 4. The summed E-state index contributed by atoms with van der Waals surface area (Å²) in [5, 5.41) is 21.9. The van der Waals surface area contributed by atoms with Crippen molar-refractivity contribution in [2.75, 3.05) is 19.7 Å². The molecule has 0 saturated carbocycles. The molecule has 0 radical (unpaired) electrons. The van der Waals surface area contributed by atoms with Gasteiger partial charge in [0.1, 0.15) is 17.5 Å². The Morgan fingerprint density at radius 2 is 1.42 bits per heavy atom. The van der Waals surface area contributed by atoms with Gasteiger partial charge in [-0.3, -0.25) is 0 Å². The number of aldehydes is 1. The Morgan fingerprint density at radius 1 is 1.00 bits per heavy atom. The van der Waals surface area contributed by atoms with Crippen LogP contribution in [0.2, 0.25) is 0 Å². The van der Waals surface area contributed by atoms with E-state index in [2.05, 4.69) is 10.6 Å². The second kappa shape index (κ2) is 11.6. The molecule has 0 aromatic rings. The highest BCUT2D eigenvalue weighted by molar-refractivity contribution is 5.71. The second-order valence-electron chi connectivity index (χ2n) is 6.77. The van der Waals surface area contributed by atoms with Crippen molar-refractivity contribution < 1.29 is 34.1 Å². The number of alkyl carbamates (subject to hydrolysis) is 2. The lowest BCUT2D eigenvalue weighted by Gasteiger charge is -2.20. The first-order valence-electron chi connectivity index (χ1n) is 7.47. The van der Waals surface area contributed by atoms with Gasteiger partial charge in [-0.1, -0.05) is 0 Å². The van der Waals surface area contributed by atoms with E-state index in [-0.39, 0.29) is 19.7 Å². The maximum absolute atomic E-state index is 11.0. The van der Waals surface area contributed by atoms with Crippen molar-refractivity contribution in [1.82, 2.24) is 10.6 Å². The molecule has 0 aliphatic carbocycles. The first-order chi connectivity index (χ1) is 10.8. The van der Waals surface area contributed by atoms with Gasteiger partial charge in [0.05, 0.1) is 19.3 Å². The molecule has 9 nitrogen and oxygen atoms in total. The maximum atomic E-state index is 11.0. The number of nitrogens with one attached hydrogen (secondary N) is 2. The summed E-state index contributed by atoms with van der Waals surface area (Å²) < 4.78 is 9.72. The summed E-state index contributed by atoms with van der Waals surface area (Å²) in [6, 6.07) is 0. The lowest BCUT2D eigenvalue weighted by Crippen LogP contribution is -2.37. The van der Waals surface area contributed by atoms with E-state index in [0.29, 0.717) is 6.29 Å². The number of aliphatic hydroxyl groups is 2. The Morgan fingerprint density at radius 3 is 1.75 bits per heavy atom. The molecule has 1 unspecified atom stereocenters. The van der Waals surface area contributed by atoms with Gasteiger partial charge in [-0.15, -0.1) is 0 Å². The minimum atomic E-state index is -0.937. The maximum Gasteiger partial charge on any atom is 0.408 e. The second-order valence-corrected chi connectivity index (χ2v) is 6.77. The number of amides is 2. The Hall–Kier alpha value is -1.87. The fourth-order valence-electron chi connectivity index (χ4n) is 1.02. The number of carbonyl (C=O) groups is 3. The van der Waals surface area contributed by atoms with Crippen molar-refractivity contribution in [2.45, 2.75) is 58.8 Å². The standard InChI is InChI=1S/C8H17NO4.C7H13NO3/c1-8(2,3)13-7(12)9-4-6(11)5-10;1-7(2,3)11-6(10)8-4-5-9/h6,10-11H,4-5H2,1-3H3,(H,9,12);5H,4H2,1-3H3,(H,8,10). The van der Waals surface area contributed by atoms with Gasteiger partial charge in [-0.05, 0) is 41.5 Å². The molecule has 0 rings (SSSR count). The molecule has 0 spiro atoms. The van der Waals surface area contributed by atoms with Crippen molar-refractivity contribution in [3.63, 3.8) is 0 Å². The molecule has 2 amide bonds. The lowest BCUT2D eigenvalue weighted by molar-refractivity contribution is -0.107. The van der Waals surface area contributed by atoms with Gasteiger partial charge < -0.3 is 35.1 Å². The number of aliphatic hydroxyl groups excluding tert-OH is 2. The molecule has 0 aromatic carbocycles. The zero-order chi connectivity index (χ0) is 19.4. The quantitative estimate of drug-likeness (QED) is 0.533. The van der Waals surface area contributed by atoms with Gasteiger partial charge >= 0.3 is 12.2 Å². The molecule has 4 N–H and O–H groups in total. The largest absolute Gasteiger partial charge is 0.444 e. The van der Waals surface area contributed by atoms with Crippen LogP contribution in [0.1, 0.15) is 41.5 Å². The van der Waals surface area contributed by atoms with Gasteiger partial charge in [-0.25, -0.2) is 9.59 Å². The predicted molar refractivity (Wildman–Crippen MR) is 87.6 cm³/mol. The molecule has 9 heteroatoms. The summed E-state index contributed by atoms with van der Waals surface area (Å²) in [6.07, 6.45) is -1.50. The molecule has 0 heterocycles. The molecule has 0 bridgehead atoms. The third kappa shape index (κ3) is 20.1. The van der Waals surface area contributed by atoms with Crippen LogP contribution >= 0.6 is 0 Å². The van der Waals surface area contributed by atoms with Gasteiger partial charge in [0, 0.05) is 6.54 Å². The molecule has 0 saturated heterocycles. The molecule has 1 atom stereocenters. The molecule has 0 aromatic heterocycles. The van der Waals surface area contributed by atoms with E-state index in [1.807, 2.05) is 0 Å². The molecular weight excluding hydrogens is 320 g/mol. The normalized spacial score (nSPS) is 12.2. The molecule has 24 heavy (non-hydrogen) atoms. The zero-order valence-corrected chi connectivity index (χ0v) is 15.2. The van der Waals surface area contributed by atoms with Crippen LogP contribution in [-0.4, -0.2) is 65.7 Å². The van der Waals surface area contributed by atoms with Crippen molar-refractivity contribution in [2.24, 2.45) is 0 Å². The summed E-state index contributed by atoms with van der Waals surface area (Å²) in [6.45, 7) is 10.1. The average Bonchev–Trinajstić information content (AvgIpc) is 2.39. The number of carbonyl (C=O) groups excluding carboxylic acids is 3. The highest BCUT2D eigenvalue weighted by Gasteiger charge is 2.16. The fraction of sp³-hybridized carbons (Fsp3) is 0.800. The smallest absolute Gasteiger partial charge is 0.408 e. The van der Waals surface area contributed by atoms with Gasteiger partial charge in [0.25, 0.3) is 0 Å². The van der Waals surface area contributed by atoms with Crippen LogP contribution in [0.5, 0.6) is 0 Å². The molecule has 0 fully saturated rings. The minimum Gasteiger partial charge on any atom is -0.444 e. The Labute approximate surface area is 142 Å². The van der Waals surface area contributed by atoms with Crippen molar-refractivity contribution >= 4 is 18.5 Å². The van der Waals surface area contributed by atoms with E-state index in [1.165, 1.54) is 0 Å². The highest BCUT2D eigenvalue weighted by atomic mass is 16.6. The zero-order valence-electron chi connectivity index (χ0n) is 15.2. The van der Waals surface area contributed by atoms with Crippen LogP contribution in [0.3, 0.4) is 0 Å². The number of rotatable bonds is 5.